The normalized spacial score (nSPS) is 9.81. The lowest BCUT2D eigenvalue weighted by Crippen LogP contribution is -2.41. The van der Waals surface area contributed by atoms with Gasteiger partial charge < -0.3 is 25.7 Å². The largest absolute Gasteiger partial charge is 0.508 e. The molecule has 1 rings (SSSR count). The van der Waals surface area contributed by atoms with Gasteiger partial charge in [-0.2, -0.15) is 0 Å². The SMILES string of the molecule is CCN(CC(=O)NC)C(=O)Nc1ccc(O)cc1C(=O)O. The van der Waals surface area contributed by atoms with Gasteiger partial charge in [-0.15, -0.1) is 0 Å². The number of amides is 3. The summed E-state index contributed by atoms with van der Waals surface area (Å²) in [5.41, 5.74) is -0.194. The molecular weight excluding hydrogens is 278 g/mol. The Morgan fingerprint density at radius 3 is 2.48 bits per heavy atom. The van der Waals surface area contributed by atoms with Gasteiger partial charge in [-0.05, 0) is 25.1 Å². The van der Waals surface area contributed by atoms with E-state index in [9.17, 15) is 19.5 Å². The van der Waals surface area contributed by atoms with Crippen molar-refractivity contribution >= 4 is 23.6 Å². The summed E-state index contributed by atoms with van der Waals surface area (Å²) in [6, 6.07) is 2.98. The summed E-state index contributed by atoms with van der Waals surface area (Å²) in [5.74, 6) is -1.84. The van der Waals surface area contributed by atoms with E-state index in [4.69, 9.17) is 5.11 Å². The summed E-state index contributed by atoms with van der Waals surface area (Å²) in [4.78, 5) is 35.6. The summed E-state index contributed by atoms with van der Waals surface area (Å²) in [6.45, 7) is 1.83. The highest BCUT2D eigenvalue weighted by molar-refractivity contribution is 6.01. The van der Waals surface area contributed by atoms with E-state index in [1.165, 1.54) is 24.1 Å². The highest BCUT2D eigenvalue weighted by Gasteiger charge is 2.18. The van der Waals surface area contributed by atoms with Crippen LogP contribution in [0, 0.1) is 0 Å². The fourth-order valence-corrected chi connectivity index (χ4v) is 1.59. The van der Waals surface area contributed by atoms with Gasteiger partial charge in [0, 0.05) is 13.6 Å². The molecule has 8 heteroatoms. The monoisotopic (exact) mass is 295 g/mol. The number of nitrogens with one attached hydrogen (secondary N) is 2. The predicted octanol–water partition coefficient (Wildman–Crippen LogP) is 0.690. The Kier molecular flexibility index (Phi) is 5.53. The molecule has 0 aliphatic heterocycles. The quantitative estimate of drug-likeness (QED) is 0.596. The minimum atomic E-state index is -1.28. The molecule has 0 unspecified atom stereocenters. The fraction of sp³-hybridized carbons (Fsp3) is 0.308. The van der Waals surface area contributed by atoms with Crippen LogP contribution in [0.4, 0.5) is 10.5 Å². The summed E-state index contributed by atoms with van der Waals surface area (Å²) in [6.07, 6.45) is 0. The lowest BCUT2D eigenvalue weighted by atomic mass is 10.1. The zero-order valence-corrected chi connectivity index (χ0v) is 11.7. The molecule has 0 aliphatic rings. The van der Waals surface area contributed by atoms with Crippen molar-refractivity contribution in [1.82, 2.24) is 10.2 Å². The van der Waals surface area contributed by atoms with Crippen molar-refractivity contribution in [2.45, 2.75) is 6.92 Å². The Labute approximate surface area is 121 Å². The Morgan fingerprint density at radius 1 is 1.29 bits per heavy atom. The van der Waals surface area contributed by atoms with Crippen molar-refractivity contribution < 1.29 is 24.6 Å². The maximum Gasteiger partial charge on any atom is 0.337 e. The average molecular weight is 295 g/mol. The van der Waals surface area contributed by atoms with Gasteiger partial charge in [-0.1, -0.05) is 0 Å². The molecule has 0 bridgehead atoms. The third-order valence-electron chi connectivity index (χ3n) is 2.76. The van der Waals surface area contributed by atoms with Gasteiger partial charge in [-0.3, -0.25) is 4.79 Å². The van der Waals surface area contributed by atoms with Crippen LogP contribution in [0.5, 0.6) is 5.75 Å². The Balaban J connectivity index is 2.91. The Morgan fingerprint density at radius 2 is 1.95 bits per heavy atom. The van der Waals surface area contributed by atoms with Gasteiger partial charge in [0.05, 0.1) is 11.3 Å². The van der Waals surface area contributed by atoms with Gasteiger partial charge in [0.25, 0.3) is 0 Å². The summed E-state index contributed by atoms with van der Waals surface area (Å²) in [7, 11) is 1.45. The number of phenols is 1. The smallest absolute Gasteiger partial charge is 0.337 e. The standard InChI is InChI=1S/C13H17N3O5/c1-3-16(7-11(18)14-2)13(21)15-10-5-4-8(17)6-9(10)12(19)20/h4-6,17H,3,7H2,1-2H3,(H,14,18)(H,15,21)(H,19,20). The molecule has 21 heavy (non-hydrogen) atoms. The molecule has 0 saturated heterocycles. The number of urea groups is 1. The summed E-state index contributed by atoms with van der Waals surface area (Å²) >= 11 is 0. The molecule has 0 radical (unpaired) electrons. The van der Waals surface area contributed by atoms with Crippen LogP contribution in [0.2, 0.25) is 0 Å². The number of carbonyl (C=O) groups excluding carboxylic acids is 2. The van der Waals surface area contributed by atoms with Crippen LogP contribution in [0.1, 0.15) is 17.3 Å². The third kappa shape index (κ3) is 4.37. The van der Waals surface area contributed by atoms with Crippen LogP contribution in [-0.4, -0.2) is 53.2 Å². The molecule has 8 nitrogen and oxygen atoms in total. The van der Waals surface area contributed by atoms with Gasteiger partial charge in [0.2, 0.25) is 5.91 Å². The van der Waals surface area contributed by atoms with Crippen molar-refractivity contribution in [2.24, 2.45) is 0 Å². The van der Waals surface area contributed by atoms with Crippen LogP contribution in [0.15, 0.2) is 18.2 Å². The fourth-order valence-electron chi connectivity index (χ4n) is 1.59. The van der Waals surface area contributed by atoms with E-state index in [1.807, 2.05) is 0 Å². The van der Waals surface area contributed by atoms with Crippen LogP contribution in [0.3, 0.4) is 0 Å². The second-order valence-corrected chi connectivity index (χ2v) is 4.15. The van der Waals surface area contributed by atoms with Crippen molar-refractivity contribution in [3.63, 3.8) is 0 Å². The topological polar surface area (TPSA) is 119 Å². The minimum absolute atomic E-state index is 0.0423. The van der Waals surface area contributed by atoms with Crippen molar-refractivity contribution in [3.05, 3.63) is 23.8 Å². The minimum Gasteiger partial charge on any atom is -0.508 e. The molecule has 0 aliphatic carbocycles. The maximum absolute atomic E-state index is 12.0. The van der Waals surface area contributed by atoms with Crippen LogP contribution in [-0.2, 0) is 4.79 Å². The molecule has 0 saturated carbocycles. The number of phenolic OH excluding ortho intramolecular Hbond substituents is 1. The second-order valence-electron chi connectivity index (χ2n) is 4.15. The average Bonchev–Trinajstić information content (AvgIpc) is 2.45. The number of rotatable bonds is 5. The number of aromatic hydroxyl groups is 1. The number of nitrogens with zero attached hydrogens (tertiary/aromatic N) is 1. The molecule has 0 spiro atoms. The van der Waals surface area contributed by atoms with E-state index < -0.39 is 12.0 Å². The molecule has 0 fully saturated rings. The molecule has 3 amide bonds. The lowest BCUT2D eigenvalue weighted by Gasteiger charge is -2.21. The van der Waals surface area contributed by atoms with Crippen molar-refractivity contribution in [3.8, 4) is 5.75 Å². The number of carboxylic acids is 1. The number of carbonyl (C=O) groups is 3. The van der Waals surface area contributed by atoms with Crippen LogP contribution in [0.25, 0.3) is 0 Å². The molecule has 114 valence electrons. The number of likely N-dealkylation sites (N-methyl/N-ethyl adjacent to an activating group) is 2. The molecule has 4 N–H and O–H groups in total. The van der Waals surface area contributed by atoms with Gasteiger partial charge in [0.1, 0.15) is 12.3 Å². The first kappa shape index (κ1) is 16.3. The first-order valence-corrected chi connectivity index (χ1v) is 6.21. The van der Waals surface area contributed by atoms with Crippen LogP contribution < -0.4 is 10.6 Å². The number of hydrogen-bond acceptors (Lipinski definition) is 4. The highest BCUT2D eigenvalue weighted by atomic mass is 16.4. The highest BCUT2D eigenvalue weighted by Crippen LogP contribution is 2.21. The number of benzene rings is 1. The molecule has 1 aromatic carbocycles. The zero-order valence-electron chi connectivity index (χ0n) is 11.7. The van der Waals surface area contributed by atoms with Gasteiger partial charge in [-0.25, -0.2) is 9.59 Å². The molecule has 0 aromatic heterocycles. The van der Waals surface area contributed by atoms with E-state index in [-0.39, 0.29) is 36.0 Å². The maximum atomic E-state index is 12.0. The number of hydrogen-bond donors (Lipinski definition) is 4. The number of anilines is 1. The van der Waals surface area contributed by atoms with E-state index >= 15 is 0 Å². The van der Waals surface area contributed by atoms with Crippen LogP contribution >= 0.6 is 0 Å². The van der Waals surface area contributed by atoms with Crippen molar-refractivity contribution in [1.29, 1.82) is 0 Å². The van der Waals surface area contributed by atoms with Gasteiger partial charge in [0.15, 0.2) is 0 Å². The van der Waals surface area contributed by atoms with E-state index in [0.717, 1.165) is 6.07 Å². The van der Waals surface area contributed by atoms with E-state index in [2.05, 4.69) is 10.6 Å². The zero-order chi connectivity index (χ0) is 16.0. The first-order chi connectivity index (χ1) is 9.88. The van der Waals surface area contributed by atoms with E-state index in [0.29, 0.717) is 0 Å². The predicted molar refractivity (Wildman–Crippen MR) is 75.4 cm³/mol. The Bertz CT molecular complexity index is 559. The summed E-state index contributed by atoms with van der Waals surface area (Å²) < 4.78 is 0. The third-order valence-corrected chi connectivity index (χ3v) is 2.76. The number of aromatic carboxylic acids is 1. The summed E-state index contributed by atoms with van der Waals surface area (Å²) in [5, 5.41) is 23.1. The first-order valence-electron chi connectivity index (χ1n) is 6.21. The molecule has 0 atom stereocenters. The van der Waals surface area contributed by atoms with E-state index in [1.54, 1.807) is 6.92 Å². The van der Waals surface area contributed by atoms with Gasteiger partial charge >= 0.3 is 12.0 Å². The lowest BCUT2D eigenvalue weighted by molar-refractivity contribution is -0.121. The number of carboxylic acid groups (broad SMARTS) is 1. The second kappa shape index (κ2) is 7.13. The Hall–Kier alpha value is -2.77. The molecule has 0 heterocycles. The molecule has 1 aromatic rings. The van der Waals surface area contributed by atoms with Crippen molar-refractivity contribution in [2.75, 3.05) is 25.5 Å². The molecular formula is C13H17N3O5.